The van der Waals surface area contributed by atoms with E-state index < -0.39 is 5.97 Å². The summed E-state index contributed by atoms with van der Waals surface area (Å²) >= 11 is 0. The van der Waals surface area contributed by atoms with Gasteiger partial charge in [-0.2, -0.15) is 0 Å². The molecule has 2 atom stereocenters. The van der Waals surface area contributed by atoms with Gasteiger partial charge in [-0.25, -0.2) is 0 Å². The Balaban J connectivity index is 0.000000371. The van der Waals surface area contributed by atoms with E-state index in [1.165, 1.54) is 0 Å². The molecule has 1 aliphatic carbocycles. The number of carbonyl (C=O) groups is 1. The lowest BCUT2D eigenvalue weighted by Gasteiger charge is -1.81. The van der Waals surface area contributed by atoms with Crippen molar-refractivity contribution in [3.8, 4) is 0 Å². The molecule has 0 spiro atoms. The van der Waals surface area contributed by atoms with Crippen molar-refractivity contribution in [3.63, 3.8) is 0 Å². The van der Waals surface area contributed by atoms with Gasteiger partial charge >= 0.3 is 5.97 Å². The minimum atomic E-state index is -0.685. The molecule has 0 radical (unpaired) electrons. The SMILES string of the molecule is C=CC1CC1C(=O)O.CC. The van der Waals surface area contributed by atoms with Crippen LogP contribution in [0, 0.1) is 11.8 Å². The molecule has 1 N–H and O–H groups in total. The second-order valence-electron chi connectivity index (χ2n) is 2.08. The lowest BCUT2D eigenvalue weighted by molar-refractivity contribution is -0.138. The second kappa shape index (κ2) is 4.09. The highest BCUT2D eigenvalue weighted by molar-refractivity contribution is 5.73. The lowest BCUT2D eigenvalue weighted by atomic mass is 10.3. The van der Waals surface area contributed by atoms with Crippen molar-refractivity contribution in [2.24, 2.45) is 11.8 Å². The van der Waals surface area contributed by atoms with E-state index in [2.05, 4.69) is 6.58 Å². The maximum absolute atomic E-state index is 10.1. The van der Waals surface area contributed by atoms with E-state index >= 15 is 0 Å². The van der Waals surface area contributed by atoms with Gasteiger partial charge in [-0.3, -0.25) is 4.79 Å². The Bertz CT molecular complexity index is 129. The molecule has 2 unspecified atom stereocenters. The van der Waals surface area contributed by atoms with Crippen LogP contribution in [-0.2, 0) is 4.79 Å². The highest BCUT2D eigenvalue weighted by atomic mass is 16.4. The average Bonchev–Trinajstić information content (AvgIpc) is 2.70. The molecule has 58 valence electrons. The highest BCUT2D eigenvalue weighted by Gasteiger charge is 2.40. The number of carboxylic acids is 1. The summed E-state index contributed by atoms with van der Waals surface area (Å²) in [6, 6.07) is 0. The number of rotatable bonds is 2. The number of carboxylic acid groups (broad SMARTS) is 1. The van der Waals surface area contributed by atoms with Gasteiger partial charge in [0.05, 0.1) is 5.92 Å². The Kier molecular flexibility index (Phi) is 3.77. The van der Waals surface area contributed by atoms with Crippen molar-refractivity contribution in [3.05, 3.63) is 12.7 Å². The van der Waals surface area contributed by atoms with Gasteiger partial charge in [-0.1, -0.05) is 19.9 Å². The maximum atomic E-state index is 10.1. The third kappa shape index (κ3) is 2.21. The molecule has 0 bridgehead atoms. The van der Waals surface area contributed by atoms with E-state index in [9.17, 15) is 4.79 Å². The van der Waals surface area contributed by atoms with Crippen LogP contribution in [0.3, 0.4) is 0 Å². The van der Waals surface area contributed by atoms with Crippen molar-refractivity contribution >= 4 is 5.97 Å². The van der Waals surface area contributed by atoms with Crippen LogP contribution in [0.4, 0.5) is 0 Å². The summed E-state index contributed by atoms with van der Waals surface area (Å²) in [6.07, 6.45) is 2.50. The first-order valence-electron chi connectivity index (χ1n) is 3.61. The second-order valence-corrected chi connectivity index (χ2v) is 2.08. The first-order chi connectivity index (χ1) is 4.75. The molecule has 0 aromatic carbocycles. The summed E-state index contributed by atoms with van der Waals surface area (Å²) in [5.41, 5.74) is 0. The standard InChI is InChI=1S/C6H8O2.C2H6/c1-2-4-3-5(4)6(7)8;1-2/h2,4-5H,1,3H2,(H,7,8);1-2H3. The van der Waals surface area contributed by atoms with Gasteiger partial charge in [0.1, 0.15) is 0 Å². The first-order valence-corrected chi connectivity index (χ1v) is 3.61. The summed E-state index contributed by atoms with van der Waals surface area (Å²) in [5, 5.41) is 8.31. The predicted octanol–water partition coefficient (Wildman–Crippen LogP) is 1.92. The Morgan fingerprint density at radius 3 is 2.30 bits per heavy atom. The van der Waals surface area contributed by atoms with E-state index in [1.807, 2.05) is 13.8 Å². The van der Waals surface area contributed by atoms with Gasteiger partial charge in [0.25, 0.3) is 0 Å². The summed E-state index contributed by atoms with van der Waals surface area (Å²) in [4.78, 5) is 10.1. The minimum Gasteiger partial charge on any atom is -0.481 e. The van der Waals surface area contributed by atoms with Crippen LogP contribution in [0.25, 0.3) is 0 Å². The third-order valence-electron chi connectivity index (χ3n) is 1.46. The molecule has 0 aromatic heterocycles. The van der Waals surface area contributed by atoms with Gasteiger partial charge in [0.2, 0.25) is 0 Å². The normalized spacial score (nSPS) is 27.8. The Labute approximate surface area is 61.6 Å². The van der Waals surface area contributed by atoms with Crippen molar-refractivity contribution < 1.29 is 9.90 Å². The van der Waals surface area contributed by atoms with E-state index in [-0.39, 0.29) is 11.8 Å². The van der Waals surface area contributed by atoms with E-state index in [0.29, 0.717) is 0 Å². The average molecular weight is 142 g/mol. The van der Waals surface area contributed by atoms with Crippen LogP contribution in [-0.4, -0.2) is 11.1 Å². The lowest BCUT2D eigenvalue weighted by Crippen LogP contribution is -1.97. The molecule has 2 nitrogen and oxygen atoms in total. The smallest absolute Gasteiger partial charge is 0.307 e. The Hall–Kier alpha value is -0.790. The largest absolute Gasteiger partial charge is 0.481 e. The van der Waals surface area contributed by atoms with Gasteiger partial charge in [0.15, 0.2) is 0 Å². The molecule has 0 aliphatic heterocycles. The summed E-state index contributed by atoms with van der Waals surface area (Å²) in [7, 11) is 0. The molecular weight excluding hydrogens is 128 g/mol. The predicted molar refractivity (Wildman–Crippen MR) is 40.8 cm³/mol. The van der Waals surface area contributed by atoms with Crippen molar-refractivity contribution in [1.29, 1.82) is 0 Å². The fraction of sp³-hybridized carbons (Fsp3) is 0.625. The van der Waals surface area contributed by atoms with E-state index in [0.717, 1.165) is 6.42 Å². The van der Waals surface area contributed by atoms with Crippen molar-refractivity contribution in [2.75, 3.05) is 0 Å². The molecule has 10 heavy (non-hydrogen) atoms. The number of hydrogen-bond donors (Lipinski definition) is 1. The molecule has 0 heterocycles. The number of aliphatic carboxylic acids is 1. The van der Waals surface area contributed by atoms with E-state index in [1.54, 1.807) is 6.08 Å². The van der Waals surface area contributed by atoms with E-state index in [4.69, 9.17) is 5.11 Å². The summed E-state index contributed by atoms with van der Waals surface area (Å²) < 4.78 is 0. The van der Waals surface area contributed by atoms with Gasteiger partial charge in [-0.05, 0) is 12.3 Å². The Morgan fingerprint density at radius 1 is 1.70 bits per heavy atom. The van der Waals surface area contributed by atoms with Gasteiger partial charge in [0, 0.05) is 0 Å². The quantitative estimate of drug-likeness (QED) is 0.598. The fourth-order valence-corrected chi connectivity index (χ4v) is 0.759. The molecule has 0 saturated heterocycles. The molecule has 2 heteroatoms. The molecule has 0 amide bonds. The van der Waals surface area contributed by atoms with Crippen LogP contribution in [0.5, 0.6) is 0 Å². The zero-order valence-corrected chi connectivity index (χ0v) is 6.50. The zero-order chi connectivity index (χ0) is 8.15. The zero-order valence-electron chi connectivity index (χ0n) is 6.50. The monoisotopic (exact) mass is 142 g/mol. The van der Waals surface area contributed by atoms with Crippen LogP contribution in [0.1, 0.15) is 20.3 Å². The highest BCUT2D eigenvalue weighted by Crippen LogP contribution is 2.38. The van der Waals surface area contributed by atoms with Crippen LogP contribution in [0.2, 0.25) is 0 Å². The van der Waals surface area contributed by atoms with Gasteiger partial charge < -0.3 is 5.11 Å². The van der Waals surface area contributed by atoms with Crippen molar-refractivity contribution in [2.45, 2.75) is 20.3 Å². The third-order valence-corrected chi connectivity index (χ3v) is 1.46. The molecule has 1 rings (SSSR count). The summed E-state index contributed by atoms with van der Waals surface area (Å²) in [5.74, 6) is -0.546. The van der Waals surface area contributed by atoms with Crippen LogP contribution >= 0.6 is 0 Å². The topological polar surface area (TPSA) is 37.3 Å². The van der Waals surface area contributed by atoms with Crippen LogP contribution in [0.15, 0.2) is 12.7 Å². The molecule has 1 saturated carbocycles. The molecular formula is C8H14O2. The maximum Gasteiger partial charge on any atom is 0.307 e. The first kappa shape index (κ1) is 9.21. The molecule has 0 aromatic rings. The minimum absolute atomic E-state index is 0.118. The number of allylic oxidation sites excluding steroid dienone is 1. The molecule has 1 fully saturated rings. The Morgan fingerprint density at radius 2 is 2.20 bits per heavy atom. The summed E-state index contributed by atoms with van der Waals surface area (Å²) in [6.45, 7) is 7.49. The molecule has 1 aliphatic rings. The van der Waals surface area contributed by atoms with Crippen molar-refractivity contribution in [1.82, 2.24) is 0 Å². The van der Waals surface area contributed by atoms with Gasteiger partial charge in [-0.15, -0.1) is 6.58 Å². The fourth-order valence-electron chi connectivity index (χ4n) is 0.759. The van der Waals surface area contributed by atoms with Crippen LogP contribution < -0.4 is 0 Å². The number of hydrogen-bond acceptors (Lipinski definition) is 1.